The zero-order chi connectivity index (χ0) is 22.0. The minimum atomic E-state index is -0.696. The van der Waals surface area contributed by atoms with Crippen LogP contribution in [0.15, 0.2) is 17.9 Å². The van der Waals surface area contributed by atoms with Crippen LogP contribution >= 0.6 is 0 Å². The largest absolute Gasteiger partial charge is 0.429 e. The fraction of sp³-hybridized carbons (Fsp3) is 0.615. The Labute approximate surface area is 180 Å². The number of esters is 1. The molecule has 2 aliphatic heterocycles. The number of rotatable bonds is 5. The Kier molecular flexibility index (Phi) is 5.00. The second-order valence-electron chi connectivity index (χ2n) is 9.87. The normalized spacial score (nSPS) is 32.3. The number of hydrogen-bond acceptors (Lipinski definition) is 4. The van der Waals surface area contributed by atoms with Crippen LogP contribution in [0.25, 0.3) is 5.57 Å². The van der Waals surface area contributed by atoms with Crippen LogP contribution in [0.2, 0.25) is 0 Å². The van der Waals surface area contributed by atoms with Crippen LogP contribution in [-0.4, -0.2) is 24.0 Å². The van der Waals surface area contributed by atoms with Gasteiger partial charge in [0.2, 0.25) is 0 Å². The molecule has 2 bridgehead atoms. The number of fused-ring (bicyclic) bond motifs is 5. The van der Waals surface area contributed by atoms with Crippen molar-refractivity contribution in [3.05, 3.63) is 40.1 Å². The van der Waals surface area contributed by atoms with Gasteiger partial charge >= 0.3 is 5.97 Å². The summed E-state index contributed by atoms with van der Waals surface area (Å²) in [6.45, 7) is 14.1. The smallest absolute Gasteiger partial charge is 0.313 e. The Hall–Kier alpha value is -1.94. The highest BCUT2D eigenvalue weighted by Crippen LogP contribution is 2.69. The molecule has 1 aromatic carbocycles. The summed E-state index contributed by atoms with van der Waals surface area (Å²) in [5.41, 5.74) is 3.79. The molecule has 4 heteroatoms. The highest BCUT2D eigenvalue weighted by molar-refractivity contribution is 6.28. The summed E-state index contributed by atoms with van der Waals surface area (Å²) in [4.78, 5) is 26.9. The van der Waals surface area contributed by atoms with Gasteiger partial charge in [0.15, 0.2) is 5.78 Å². The number of benzene rings is 1. The van der Waals surface area contributed by atoms with E-state index < -0.39 is 10.8 Å². The van der Waals surface area contributed by atoms with E-state index in [-0.39, 0.29) is 29.9 Å². The van der Waals surface area contributed by atoms with Crippen molar-refractivity contribution in [1.82, 2.24) is 0 Å². The molecular weight excluding hydrogens is 376 g/mol. The monoisotopic (exact) mass is 410 g/mol. The van der Waals surface area contributed by atoms with Crippen molar-refractivity contribution in [1.29, 1.82) is 0 Å². The van der Waals surface area contributed by atoms with Crippen LogP contribution in [0, 0.1) is 23.7 Å². The van der Waals surface area contributed by atoms with Gasteiger partial charge in [-0.15, -0.1) is 0 Å². The van der Waals surface area contributed by atoms with Crippen LogP contribution in [0.5, 0.6) is 0 Å². The predicted molar refractivity (Wildman–Crippen MR) is 117 cm³/mol. The Bertz CT molecular complexity index is 931. The van der Waals surface area contributed by atoms with E-state index >= 15 is 0 Å². The molecule has 4 rings (SSSR count). The molecule has 2 saturated heterocycles. The van der Waals surface area contributed by atoms with Gasteiger partial charge in [-0.3, -0.25) is 9.59 Å². The first-order valence-corrected chi connectivity index (χ1v) is 11.4. The molecule has 1 aromatic rings. The van der Waals surface area contributed by atoms with Crippen molar-refractivity contribution in [2.45, 2.75) is 86.4 Å². The topological polar surface area (TPSA) is 52.6 Å². The van der Waals surface area contributed by atoms with Crippen molar-refractivity contribution in [3.63, 3.8) is 0 Å². The summed E-state index contributed by atoms with van der Waals surface area (Å²) < 4.78 is 12.4. The first-order valence-electron chi connectivity index (χ1n) is 11.4. The molecular formula is C26H34O4. The van der Waals surface area contributed by atoms with Gasteiger partial charge in [-0.05, 0) is 63.1 Å². The summed E-state index contributed by atoms with van der Waals surface area (Å²) in [6, 6.07) is 4.33. The second-order valence-corrected chi connectivity index (χ2v) is 9.87. The summed E-state index contributed by atoms with van der Waals surface area (Å²) in [7, 11) is 0. The molecule has 4 nitrogen and oxygen atoms in total. The van der Waals surface area contributed by atoms with Gasteiger partial charge in [-0.25, -0.2) is 0 Å². The van der Waals surface area contributed by atoms with Crippen molar-refractivity contribution >= 4 is 17.3 Å². The lowest BCUT2D eigenvalue weighted by atomic mass is 9.58. The Morgan fingerprint density at radius 2 is 1.63 bits per heavy atom. The average Bonchev–Trinajstić information content (AvgIpc) is 3.33. The maximum absolute atomic E-state index is 14.2. The molecule has 0 spiro atoms. The molecule has 0 radical (unpaired) electrons. The third-order valence-corrected chi connectivity index (χ3v) is 7.92. The third-order valence-electron chi connectivity index (χ3n) is 7.92. The minimum absolute atomic E-state index is 0.0806. The number of carbonyl (C=O) groups is 2. The SMILES string of the molecule is CCc1cc(C)cc(CC)c1C1=C(OC(=O)C(C)C)[C@]2(C)[C@H]3CC[C@H](O3)[C@]2(C)C1=O. The number of aryl methyl sites for hydroxylation is 3. The van der Waals surface area contributed by atoms with Crippen molar-refractivity contribution < 1.29 is 19.1 Å². The van der Waals surface area contributed by atoms with E-state index in [1.807, 2.05) is 20.8 Å². The number of hydrogen-bond donors (Lipinski definition) is 0. The first-order chi connectivity index (χ1) is 14.1. The van der Waals surface area contributed by atoms with E-state index in [1.165, 1.54) is 5.56 Å². The van der Waals surface area contributed by atoms with E-state index in [0.717, 1.165) is 42.4 Å². The predicted octanol–water partition coefficient (Wildman–Crippen LogP) is 5.19. The van der Waals surface area contributed by atoms with E-state index in [9.17, 15) is 9.59 Å². The fourth-order valence-electron chi connectivity index (χ4n) is 5.97. The van der Waals surface area contributed by atoms with Gasteiger partial charge in [0.05, 0.1) is 34.5 Å². The van der Waals surface area contributed by atoms with Crippen molar-refractivity contribution in [3.8, 4) is 0 Å². The highest BCUT2D eigenvalue weighted by atomic mass is 16.6. The highest BCUT2D eigenvalue weighted by Gasteiger charge is 2.74. The minimum Gasteiger partial charge on any atom is -0.429 e. The van der Waals surface area contributed by atoms with Crippen LogP contribution in [0.1, 0.15) is 76.6 Å². The van der Waals surface area contributed by atoms with E-state index in [0.29, 0.717) is 11.3 Å². The Morgan fingerprint density at radius 3 is 2.13 bits per heavy atom. The number of ether oxygens (including phenoxy) is 2. The molecule has 4 atom stereocenters. The van der Waals surface area contributed by atoms with Crippen LogP contribution in [0.3, 0.4) is 0 Å². The molecule has 3 aliphatic rings. The van der Waals surface area contributed by atoms with Gasteiger partial charge in [0.25, 0.3) is 0 Å². The molecule has 0 unspecified atom stereocenters. The zero-order valence-corrected chi connectivity index (χ0v) is 19.3. The van der Waals surface area contributed by atoms with Crippen LogP contribution < -0.4 is 0 Å². The number of carbonyl (C=O) groups excluding carboxylic acids is 2. The lowest BCUT2D eigenvalue weighted by Gasteiger charge is -2.41. The van der Waals surface area contributed by atoms with Crippen molar-refractivity contribution in [2.75, 3.05) is 0 Å². The molecule has 0 amide bonds. The quantitative estimate of drug-likeness (QED) is 0.627. The fourth-order valence-corrected chi connectivity index (χ4v) is 5.97. The Balaban J connectivity index is 2.03. The number of allylic oxidation sites excluding steroid dienone is 1. The lowest BCUT2D eigenvalue weighted by Crippen LogP contribution is -2.48. The standard InChI is InChI=1S/C26H34O4/c1-8-16-12-15(5)13-17(9-2)20(16)21-22(27)25(6)18-10-11-19(29-18)26(25,7)23(21)30-24(28)14(3)4/h12-14,18-19H,8-11H2,1-7H3/t18-,19+,25+,26-/m0/s1. The molecule has 162 valence electrons. The number of Topliss-reactive ketones (excluding diaryl/α,β-unsaturated/α-hetero) is 1. The third kappa shape index (κ3) is 2.55. The van der Waals surface area contributed by atoms with Crippen LogP contribution in [-0.2, 0) is 31.9 Å². The number of ketones is 1. The van der Waals surface area contributed by atoms with E-state index in [1.54, 1.807) is 0 Å². The van der Waals surface area contributed by atoms with Gasteiger partial charge in [-0.1, -0.05) is 45.4 Å². The maximum Gasteiger partial charge on any atom is 0.313 e. The molecule has 2 heterocycles. The van der Waals surface area contributed by atoms with Crippen molar-refractivity contribution in [2.24, 2.45) is 16.7 Å². The molecule has 1 aliphatic carbocycles. The first kappa shape index (κ1) is 21.3. The molecule has 0 N–H and O–H groups in total. The molecule has 2 fully saturated rings. The summed E-state index contributed by atoms with van der Waals surface area (Å²) >= 11 is 0. The molecule has 0 aromatic heterocycles. The zero-order valence-electron chi connectivity index (χ0n) is 19.3. The maximum atomic E-state index is 14.2. The van der Waals surface area contributed by atoms with Gasteiger partial charge < -0.3 is 9.47 Å². The summed E-state index contributed by atoms with van der Waals surface area (Å²) in [5, 5.41) is 0. The van der Waals surface area contributed by atoms with E-state index in [2.05, 4.69) is 39.8 Å². The molecule has 30 heavy (non-hydrogen) atoms. The van der Waals surface area contributed by atoms with Crippen LogP contribution in [0.4, 0.5) is 0 Å². The lowest BCUT2D eigenvalue weighted by molar-refractivity contribution is -0.146. The summed E-state index contributed by atoms with van der Waals surface area (Å²) in [5.74, 6) is 0.0797. The van der Waals surface area contributed by atoms with Gasteiger partial charge in [-0.2, -0.15) is 0 Å². The van der Waals surface area contributed by atoms with Gasteiger partial charge in [0.1, 0.15) is 5.76 Å². The average molecular weight is 411 g/mol. The van der Waals surface area contributed by atoms with Gasteiger partial charge in [0, 0.05) is 0 Å². The molecule has 0 saturated carbocycles. The summed E-state index contributed by atoms with van der Waals surface area (Å²) in [6.07, 6.45) is 3.22. The Morgan fingerprint density at radius 1 is 1.10 bits per heavy atom. The second kappa shape index (κ2) is 7.05. The van der Waals surface area contributed by atoms with E-state index in [4.69, 9.17) is 9.47 Å².